The molecule has 1 fully saturated rings. The van der Waals surface area contributed by atoms with Crippen molar-refractivity contribution in [2.45, 2.75) is 25.3 Å². The van der Waals surface area contributed by atoms with Gasteiger partial charge in [-0.05, 0) is 62.3 Å². The molecule has 2 aromatic heterocycles. The lowest BCUT2D eigenvalue weighted by atomic mass is 9.99. The van der Waals surface area contributed by atoms with Crippen LogP contribution in [0.5, 0.6) is 0 Å². The van der Waals surface area contributed by atoms with E-state index < -0.39 is 5.91 Å². The summed E-state index contributed by atoms with van der Waals surface area (Å²) in [6, 6.07) is 11.2. The van der Waals surface area contributed by atoms with Crippen LogP contribution in [0.1, 0.15) is 29.8 Å². The number of carbonyl (C=O) groups excluding carboxylic acids is 2. The second-order valence-electron chi connectivity index (χ2n) is 8.15. The summed E-state index contributed by atoms with van der Waals surface area (Å²) >= 11 is 0. The summed E-state index contributed by atoms with van der Waals surface area (Å²) in [6.07, 6.45) is 7.73. The quantitative estimate of drug-likeness (QED) is 0.628. The number of rotatable bonds is 5. The van der Waals surface area contributed by atoms with Crippen molar-refractivity contribution in [2.75, 3.05) is 25.0 Å². The van der Waals surface area contributed by atoms with E-state index in [1.807, 2.05) is 35.2 Å². The first-order chi connectivity index (χ1) is 15.5. The van der Waals surface area contributed by atoms with Crippen molar-refractivity contribution < 1.29 is 9.59 Å². The van der Waals surface area contributed by atoms with Crippen molar-refractivity contribution in [2.24, 2.45) is 5.73 Å². The number of primary amides is 1. The molecule has 0 bridgehead atoms. The molecule has 2 amide bonds. The maximum Gasteiger partial charge on any atom is 0.267 e. The van der Waals surface area contributed by atoms with E-state index in [9.17, 15) is 9.59 Å². The van der Waals surface area contributed by atoms with Gasteiger partial charge in [-0.25, -0.2) is 0 Å². The zero-order valence-electron chi connectivity index (χ0n) is 18.2. The number of nitrogens with zero attached hydrogens (tertiary/aromatic N) is 4. The van der Waals surface area contributed by atoms with Crippen molar-refractivity contribution in [3.8, 4) is 11.1 Å². The average Bonchev–Trinajstić information content (AvgIpc) is 3.03. The van der Waals surface area contributed by atoms with Crippen LogP contribution in [0.4, 0.5) is 5.69 Å². The summed E-state index contributed by atoms with van der Waals surface area (Å²) in [4.78, 5) is 37.7. The number of hydrogen-bond donors (Lipinski definition) is 1. The molecule has 1 aliphatic heterocycles. The van der Waals surface area contributed by atoms with E-state index in [1.165, 1.54) is 6.08 Å². The molecule has 7 heteroatoms. The highest BCUT2D eigenvalue weighted by Gasteiger charge is 2.28. The molecule has 1 atom stereocenters. The minimum Gasteiger partial charge on any atom is -0.364 e. The Morgan fingerprint density at radius 2 is 2.03 bits per heavy atom. The Balaban J connectivity index is 1.87. The summed E-state index contributed by atoms with van der Waals surface area (Å²) in [6.45, 7) is 5.55. The third-order valence-corrected chi connectivity index (χ3v) is 5.96. The number of benzene rings is 1. The largest absolute Gasteiger partial charge is 0.364 e. The number of likely N-dealkylation sites (N-methyl/N-ethyl adjacent to an activating group) is 1. The number of fused-ring (bicyclic) bond motifs is 1. The van der Waals surface area contributed by atoms with Gasteiger partial charge in [0.1, 0.15) is 5.69 Å². The van der Waals surface area contributed by atoms with Crippen LogP contribution < -0.4 is 10.6 Å². The first kappa shape index (κ1) is 21.6. The predicted octanol–water partition coefficient (Wildman–Crippen LogP) is 3.40. The predicted molar refractivity (Wildman–Crippen MR) is 126 cm³/mol. The maximum absolute atomic E-state index is 13.1. The fourth-order valence-electron chi connectivity index (χ4n) is 4.45. The number of likely N-dealkylation sites (tertiary alicyclic amines) is 1. The highest BCUT2D eigenvalue weighted by molar-refractivity contribution is 6.08. The monoisotopic (exact) mass is 429 g/mol. The van der Waals surface area contributed by atoms with E-state index in [2.05, 4.69) is 28.5 Å². The molecule has 1 aromatic carbocycles. The van der Waals surface area contributed by atoms with Gasteiger partial charge in [-0.1, -0.05) is 25.1 Å². The van der Waals surface area contributed by atoms with Gasteiger partial charge in [0.05, 0.1) is 11.2 Å². The number of amides is 2. The molecule has 1 saturated heterocycles. The first-order valence-corrected chi connectivity index (χ1v) is 10.8. The van der Waals surface area contributed by atoms with E-state index >= 15 is 0 Å². The van der Waals surface area contributed by atoms with Gasteiger partial charge >= 0.3 is 0 Å². The summed E-state index contributed by atoms with van der Waals surface area (Å²) < 4.78 is 0. The second-order valence-corrected chi connectivity index (χ2v) is 8.15. The Bertz CT molecular complexity index is 1180. The standard InChI is InChI=1S/C25H27N5O2/c1-3-23(31)30(18-7-4-5-14-29(2)16-18)22-11-13-27-21-10-9-17(15-20(21)22)19-8-6-12-28-24(19)25(26)32/h3,6,8-13,15,18H,1,4-5,7,14,16H2,2H3,(H2,26,32). The summed E-state index contributed by atoms with van der Waals surface area (Å²) in [5.74, 6) is -0.723. The molecule has 3 heterocycles. The normalized spacial score (nSPS) is 17.0. The summed E-state index contributed by atoms with van der Waals surface area (Å²) in [7, 11) is 2.09. The average molecular weight is 430 g/mol. The van der Waals surface area contributed by atoms with Crippen LogP contribution in [0, 0.1) is 0 Å². The molecule has 0 saturated carbocycles. The van der Waals surface area contributed by atoms with E-state index in [4.69, 9.17) is 5.73 Å². The van der Waals surface area contributed by atoms with Crippen LogP contribution in [-0.2, 0) is 4.79 Å². The van der Waals surface area contributed by atoms with Crippen molar-refractivity contribution in [3.63, 3.8) is 0 Å². The third kappa shape index (κ3) is 4.24. The van der Waals surface area contributed by atoms with Gasteiger partial charge in [-0.2, -0.15) is 0 Å². The topological polar surface area (TPSA) is 92.4 Å². The smallest absolute Gasteiger partial charge is 0.267 e. The fourth-order valence-corrected chi connectivity index (χ4v) is 4.45. The molecule has 1 unspecified atom stereocenters. The molecule has 32 heavy (non-hydrogen) atoms. The molecule has 0 radical (unpaired) electrons. The van der Waals surface area contributed by atoms with E-state index in [0.717, 1.165) is 54.5 Å². The van der Waals surface area contributed by atoms with Gasteiger partial charge in [0, 0.05) is 35.9 Å². The molecule has 0 spiro atoms. The van der Waals surface area contributed by atoms with Crippen molar-refractivity contribution in [3.05, 3.63) is 67.1 Å². The second kappa shape index (κ2) is 9.28. The van der Waals surface area contributed by atoms with Crippen LogP contribution in [0.3, 0.4) is 0 Å². The van der Waals surface area contributed by atoms with Crippen LogP contribution in [0.15, 0.2) is 61.4 Å². The number of aromatic nitrogens is 2. The zero-order chi connectivity index (χ0) is 22.7. The number of pyridine rings is 2. The summed E-state index contributed by atoms with van der Waals surface area (Å²) in [5.41, 5.74) is 8.74. The molecular formula is C25H27N5O2. The summed E-state index contributed by atoms with van der Waals surface area (Å²) in [5, 5.41) is 0.825. The van der Waals surface area contributed by atoms with E-state index in [-0.39, 0.29) is 17.6 Å². The van der Waals surface area contributed by atoms with Gasteiger partial charge in [0.25, 0.3) is 11.8 Å². The van der Waals surface area contributed by atoms with Crippen molar-refractivity contribution >= 4 is 28.4 Å². The van der Waals surface area contributed by atoms with Gasteiger partial charge in [-0.15, -0.1) is 0 Å². The van der Waals surface area contributed by atoms with E-state index in [0.29, 0.717) is 5.56 Å². The Labute approximate surface area is 187 Å². The lowest BCUT2D eigenvalue weighted by Crippen LogP contribution is -2.45. The van der Waals surface area contributed by atoms with Gasteiger partial charge in [-0.3, -0.25) is 19.6 Å². The Morgan fingerprint density at radius 3 is 2.81 bits per heavy atom. The van der Waals surface area contributed by atoms with Crippen molar-refractivity contribution in [1.82, 2.24) is 14.9 Å². The lowest BCUT2D eigenvalue weighted by molar-refractivity contribution is -0.114. The van der Waals surface area contributed by atoms with Crippen LogP contribution in [0.25, 0.3) is 22.0 Å². The minimum atomic E-state index is -0.586. The fraction of sp³-hybridized carbons (Fsp3) is 0.280. The molecule has 4 rings (SSSR count). The van der Waals surface area contributed by atoms with Crippen LogP contribution in [0.2, 0.25) is 0 Å². The highest BCUT2D eigenvalue weighted by Crippen LogP contribution is 2.33. The zero-order valence-corrected chi connectivity index (χ0v) is 18.2. The van der Waals surface area contributed by atoms with E-state index in [1.54, 1.807) is 18.5 Å². The molecule has 7 nitrogen and oxygen atoms in total. The van der Waals surface area contributed by atoms with Crippen LogP contribution >= 0.6 is 0 Å². The SMILES string of the molecule is C=CC(=O)N(c1ccnc2ccc(-c3cccnc3C(N)=O)cc12)C1CCCCN(C)C1. The minimum absolute atomic E-state index is 0.0295. The number of nitrogens with two attached hydrogens (primary N) is 1. The maximum atomic E-state index is 13.1. The molecule has 3 aromatic rings. The molecule has 0 aliphatic carbocycles. The molecule has 1 aliphatic rings. The lowest BCUT2D eigenvalue weighted by Gasteiger charge is -2.33. The van der Waals surface area contributed by atoms with Crippen LogP contribution in [-0.4, -0.2) is 52.9 Å². The Kier molecular flexibility index (Phi) is 6.28. The number of anilines is 1. The third-order valence-electron chi connectivity index (χ3n) is 5.96. The highest BCUT2D eigenvalue weighted by atomic mass is 16.2. The number of carbonyl (C=O) groups is 2. The molecule has 2 N–H and O–H groups in total. The Hall–Kier alpha value is -3.58. The molecule has 164 valence electrons. The Morgan fingerprint density at radius 1 is 1.19 bits per heavy atom. The van der Waals surface area contributed by atoms with Gasteiger partial charge in [0.2, 0.25) is 0 Å². The van der Waals surface area contributed by atoms with Crippen molar-refractivity contribution in [1.29, 1.82) is 0 Å². The van der Waals surface area contributed by atoms with Gasteiger partial charge < -0.3 is 15.5 Å². The van der Waals surface area contributed by atoms with Gasteiger partial charge in [0.15, 0.2) is 0 Å². The first-order valence-electron chi connectivity index (χ1n) is 10.8. The number of hydrogen-bond acceptors (Lipinski definition) is 5. The molecular weight excluding hydrogens is 402 g/mol.